The van der Waals surface area contributed by atoms with Crippen LogP contribution in [0.25, 0.3) is 0 Å². The Kier molecular flexibility index (Phi) is 6.14. The quantitative estimate of drug-likeness (QED) is 0.712. The summed E-state index contributed by atoms with van der Waals surface area (Å²) in [4.78, 5) is 1.79. The van der Waals surface area contributed by atoms with Crippen LogP contribution in [-0.2, 0) is 0 Å². The van der Waals surface area contributed by atoms with E-state index in [1.54, 1.807) is 11.1 Å². The zero-order chi connectivity index (χ0) is 17.4. The minimum atomic E-state index is 0.559. The molecule has 0 bridgehead atoms. The molecule has 0 unspecified atom stereocenters. The van der Waals surface area contributed by atoms with Crippen LogP contribution in [0.4, 0.5) is 17.1 Å². The van der Waals surface area contributed by atoms with Gasteiger partial charge in [-0.1, -0.05) is 24.3 Å². The van der Waals surface area contributed by atoms with Crippen molar-refractivity contribution < 1.29 is 0 Å². The van der Waals surface area contributed by atoms with E-state index in [9.17, 15) is 0 Å². The Morgan fingerprint density at radius 2 is 1.62 bits per heavy atom. The number of anilines is 2. The van der Waals surface area contributed by atoms with E-state index in [1.165, 1.54) is 5.56 Å². The van der Waals surface area contributed by atoms with Gasteiger partial charge < -0.3 is 15.5 Å². The molecule has 0 aliphatic rings. The van der Waals surface area contributed by atoms with Crippen molar-refractivity contribution in [3.05, 3.63) is 78.9 Å². The summed E-state index contributed by atoms with van der Waals surface area (Å²) >= 11 is 0. The van der Waals surface area contributed by atoms with E-state index in [4.69, 9.17) is 0 Å². The van der Waals surface area contributed by atoms with Gasteiger partial charge in [-0.2, -0.15) is 0 Å². The molecule has 0 saturated heterocycles. The molecule has 5 heteroatoms. The molecule has 0 atom stereocenters. The van der Waals surface area contributed by atoms with E-state index >= 15 is 0 Å². The second kappa shape index (κ2) is 8.53. The Hall–Kier alpha value is -3.08. The minimum Gasteiger partial charge on any atom is -0.393 e. The Labute approximate surface area is 143 Å². The van der Waals surface area contributed by atoms with Gasteiger partial charge in [0.15, 0.2) is 0 Å². The molecule has 0 fully saturated rings. The minimum absolute atomic E-state index is 0.559. The molecule has 0 heterocycles. The number of azo groups is 1. The third-order valence-electron chi connectivity index (χ3n) is 3.36. The van der Waals surface area contributed by atoms with Gasteiger partial charge in [-0.15, -0.1) is 10.2 Å². The molecule has 0 radical (unpaired) electrons. The Bertz CT molecular complexity index is 714. The average Bonchev–Trinajstić information content (AvgIpc) is 2.60. The van der Waals surface area contributed by atoms with E-state index in [0.717, 1.165) is 17.1 Å². The highest BCUT2D eigenvalue weighted by atomic mass is 15.3. The standard InChI is InChI=1S/C19H23N5/c1-15-5-7-17(8-6-15)21-18-9-11-19(12-10-18)23-22-16(2)24(4)14-13-20-3/h5-14,20-21H,2H2,1,3-4H3/b14-13-,23-22?. The smallest absolute Gasteiger partial charge is 0.147 e. The van der Waals surface area contributed by atoms with Gasteiger partial charge in [0.25, 0.3) is 0 Å². The maximum absolute atomic E-state index is 4.20. The van der Waals surface area contributed by atoms with Crippen molar-refractivity contribution in [1.29, 1.82) is 0 Å². The first-order valence-corrected chi connectivity index (χ1v) is 7.69. The van der Waals surface area contributed by atoms with Crippen LogP contribution in [0, 0.1) is 6.92 Å². The highest BCUT2D eigenvalue weighted by Gasteiger charge is 1.98. The molecular weight excluding hydrogens is 298 g/mol. The summed E-state index contributed by atoms with van der Waals surface area (Å²) in [6.45, 7) is 5.95. The highest BCUT2D eigenvalue weighted by Crippen LogP contribution is 2.21. The molecule has 124 valence electrons. The first-order chi connectivity index (χ1) is 11.6. The molecule has 0 aliphatic heterocycles. The van der Waals surface area contributed by atoms with Crippen molar-refractivity contribution in [3.63, 3.8) is 0 Å². The lowest BCUT2D eigenvalue weighted by Crippen LogP contribution is -2.08. The first-order valence-electron chi connectivity index (χ1n) is 7.69. The third-order valence-corrected chi connectivity index (χ3v) is 3.36. The number of hydrogen-bond acceptors (Lipinski definition) is 5. The van der Waals surface area contributed by atoms with E-state index < -0.39 is 0 Å². The maximum atomic E-state index is 4.20. The average molecular weight is 321 g/mol. The van der Waals surface area contributed by atoms with Crippen molar-refractivity contribution in [3.8, 4) is 0 Å². The topological polar surface area (TPSA) is 52.0 Å². The van der Waals surface area contributed by atoms with Crippen molar-refractivity contribution in [2.75, 3.05) is 19.4 Å². The van der Waals surface area contributed by atoms with Crippen LogP contribution >= 0.6 is 0 Å². The molecule has 0 amide bonds. The summed E-state index contributed by atoms with van der Waals surface area (Å²) in [6, 6.07) is 16.0. The number of hydrogen-bond donors (Lipinski definition) is 2. The van der Waals surface area contributed by atoms with Crippen LogP contribution in [0.15, 0.2) is 83.6 Å². The molecule has 0 saturated carbocycles. The summed E-state index contributed by atoms with van der Waals surface area (Å²) < 4.78 is 0. The zero-order valence-electron chi connectivity index (χ0n) is 14.3. The summed E-state index contributed by atoms with van der Waals surface area (Å²) in [5.74, 6) is 0.559. The lowest BCUT2D eigenvalue weighted by atomic mass is 10.2. The summed E-state index contributed by atoms with van der Waals surface area (Å²) in [7, 11) is 3.70. The van der Waals surface area contributed by atoms with Crippen LogP contribution in [0.2, 0.25) is 0 Å². The van der Waals surface area contributed by atoms with Gasteiger partial charge >= 0.3 is 0 Å². The molecule has 5 nitrogen and oxygen atoms in total. The molecule has 2 rings (SSSR count). The Morgan fingerprint density at radius 1 is 1.04 bits per heavy atom. The van der Waals surface area contributed by atoms with Gasteiger partial charge in [-0.3, -0.25) is 0 Å². The lowest BCUT2D eigenvalue weighted by molar-refractivity contribution is 0.553. The van der Waals surface area contributed by atoms with Gasteiger partial charge in [-0.25, -0.2) is 0 Å². The second-order valence-corrected chi connectivity index (χ2v) is 5.37. The van der Waals surface area contributed by atoms with Crippen LogP contribution in [-0.4, -0.2) is 19.0 Å². The fourth-order valence-electron chi connectivity index (χ4n) is 1.87. The van der Waals surface area contributed by atoms with E-state index in [1.807, 2.05) is 44.6 Å². The van der Waals surface area contributed by atoms with Crippen molar-refractivity contribution in [2.45, 2.75) is 6.92 Å². The van der Waals surface area contributed by atoms with Gasteiger partial charge in [0.2, 0.25) is 0 Å². The number of aryl methyl sites for hydroxylation is 1. The van der Waals surface area contributed by atoms with Crippen LogP contribution in [0.1, 0.15) is 5.56 Å². The number of rotatable bonds is 7. The molecule has 2 aromatic rings. The molecule has 2 N–H and O–H groups in total. The van der Waals surface area contributed by atoms with Gasteiger partial charge in [0, 0.05) is 37.9 Å². The fourth-order valence-corrected chi connectivity index (χ4v) is 1.87. The van der Waals surface area contributed by atoms with E-state index in [-0.39, 0.29) is 0 Å². The normalized spacial score (nSPS) is 11.0. The molecule has 24 heavy (non-hydrogen) atoms. The number of nitrogens with one attached hydrogen (secondary N) is 2. The van der Waals surface area contributed by atoms with Crippen molar-refractivity contribution in [2.24, 2.45) is 10.2 Å². The summed E-state index contributed by atoms with van der Waals surface area (Å²) in [5.41, 5.74) is 4.08. The number of nitrogens with zero attached hydrogens (tertiary/aromatic N) is 3. The van der Waals surface area contributed by atoms with Crippen molar-refractivity contribution >= 4 is 17.1 Å². The first kappa shape index (κ1) is 17.3. The lowest BCUT2D eigenvalue weighted by Gasteiger charge is -2.11. The molecule has 0 aromatic heterocycles. The number of benzene rings is 2. The van der Waals surface area contributed by atoms with E-state index in [0.29, 0.717) is 5.82 Å². The largest absolute Gasteiger partial charge is 0.393 e. The van der Waals surface area contributed by atoms with Crippen molar-refractivity contribution in [1.82, 2.24) is 10.2 Å². The maximum Gasteiger partial charge on any atom is 0.147 e. The monoisotopic (exact) mass is 321 g/mol. The Morgan fingerprint density at radius 3 is 2.21 bits per heavy atom. The predicted octanol–water partition coefficient (Wildman–Crippen LogP) is 4.92. The SMILES string of the molecule is C=C(N=Nc1ccc(Nc2ccc(C)cc2)cc1)N(C)/C=C\NC. The van der Waals surface area contributed by atoms with Gasteiger partial charge in [0.05, 0.1) is 5.69 Å². The fraction of sp³-hybridized carbons (Fsp3) is 0.158. The second-order valence-electron chi connectivity index (χ2n) is 5.37. The summed E-state index contributed by atoms with van der Waals surface area (Å²) in [6.07, 6.45) is 3.63. The molecule has 0 spiro atoms. The van der Waals surface area contributed by atoms with Crippen LogP contribution < -0.4 is 10.6 Å². The van der Waals surface area contributed by atoms with E-state index in [2.05, 4.69) is 58.6 Å². The Balaban J connectivity index is 1.96. The molecule has 2 aromatic carbocycles. The van der Waals surface area contributed by atoms with Gasteiger partial charge in [0.1, 0.15) is 5.82 Å². The highest BCUT2D eigenvalue weighted by molar-refractivity contribution is 5.61. The van der Waals surface area contributed by atoms with Crippen LogP contribution in [0.5, 0.6) is 0 Å². The van der Waals surface area contributed by atoms with Gasteiger partial charge in [-0.05, 0) is 43.3 Å². The van der Waals surface area contributed by atoms with Crippen LogP contribution in [0.3, 0.4) is 0 Å². The summed E-state index contributed by atoms with van der Waals surface area (Å²) in [5, 5.41) is 14.6. The molecular formula is C19H23N5. The molecule has 0 aliphatic carbocycles. The zero-order valence-corrected chi connectivity index (χ0v) is 14.3. The predicted molar refractivity (Wildman–Crippen MR) is 101 cm³/mol. The third kappa shape index (κ3) is 5.28.